The molecule has 1 fully saturated rings. The highest BCUT2D eigenvalue weighted by atomic mass is 16.2. The number of carbonyl (C=O) groups excluding carboxylic acids is 1. The average molecular weight is 220 g/mol. The fraction of sp³-hybridized carbons (Fsp3) is 0.545. The molecular weight excluding hydrogens is 204 g/mol. The standard InChI is InChI=1S/C11H16N4O/c1-8-4-9(12)7-15(6-8)11(16)10-5-13-2-3-14-10/h2-3,5,8-9H,4,6-7,12H2,1H3. The van der Waals surface area contributed by atoms with Gasteiger partial charge in [-0.25, -0.2) is 4.98 Å². The van der Waals surface area contributed by atoms with E-state index in [-0.39, 0.29) is 11.9 Å². The van der Waals surface area contributed by atoms with Gasteiger partial charge in [-0.2, -0.15) is 0 Å². The van der Waals surface area contributed by atoms with Gasteiger partial charge in [0, 0.05) is 31.5 Å². The molecule has 0 aliphatic carbocycles. The number of hydrogen-bond acceptors (Lipinski definition) is 4. The summed E-state index contributed by atoms with van der Waals surface area (Å²) in [4.78, 5) is 21.7. The van der Waals surface area contributed by atoms with Crippen LogP contribution >= 0.6 is 0 Å². The summed E-state index contributed by atoms with van der Waals surface area (Å²) in [5, 5.41) is 0. The highest BCUT2D eigenvalue weighted by Crippen LogP contribution is 2.16. The van der Waals surface area contributed by atoms with Gasteiger partial charge in [-0.1, -0.05) is 6.92 Å². The Balaban J connectivity index is 2.10. The van der Waals surface area contributed by atoms with E-state index in [2.05, 4.69) is 16.9 Å². The van der Waals surface area contributed by atoms with Crippen LogP contribution in [0.3, 0.4) is 0 Å². The summed E-state index contributed by atoms with van der Waals surface area (Å²) < 4.78 is 0. The van der Waals surface area contributed by atoms with Gasteiger partial charge in [-0.15, -0.1) is 0 Å². The van der Waals surface area contributed by atoms with Gasteiger partial charge in [0.2, 0.25) is 0 Å². The summed E-state index contributed by atoms with van der Waals surface area (Å²) in [7, 11) is 0. The quantitative estimate of drug-likeness (QED) is 0.738. The van der Waals surface area contributed by atoms with Crippen molar-refractivity contribution in [1.82, 2.24) is 14.9 Å². The van der Waals surface area contributed by atoms with E-state index in [1.54, 1.807) is 11.1 Å². The zero-order valence-corrected chi connectivity index (χ0v) is 9.34. The molecule has 0 radical (unpaired) electrons. The van der Waals surface area contributed by atoms with Crippen molar-refractivity contribution in [1.29, 1.82) is 0 Å². The number of likely N-dealkylation sites (tertiary alicyclic amines) is 1. The fourth-order valence-electron chi connectivity index (χ4n) is 2.14. The maximum Gasteiger partial charge on any atom is 0.274 e. The molecule has 86 valence electrons. The zero-order valence-electron chi connectivity index (χ0n) is 9.34. The van der Waals surface area contributed by atoms with Crippen LogP contribution in [0.4, 0.5) is 0 Å². The molecule has 2 rings (SSSR count). The van der Waals surface area contributed by atoms with Crippen LogP contribution in [0, 0.1) is 5.92 Å². The van der Waals surface area contributed by atoms with Gasteiger partial charge in [0.1, 0.15) is 5.69 Å². The summed E-state index contributed by atoms with van der Waals surface area (Å²) in [5.41, 5.74) is 6.29. The maximum atomic E-state index is 12.1. The topological polar surface area (TPSA) is 72.1 Å². The lowest BCUT2D eigenvalue weighted by Gasteiger charge is -2.34. The van der Waals surface area contributed by atoms with Crippen molar-refractivity contribution in [2.45, 2.75) is 19.4 Å². The van der Waals surface area contributed by atoms with Crippen molar-refractivity contribution in [3.8, 4) is 0 Å². The first-order chi connectivity index (χ1) is 7.66. The maximum absolute atomic E-state index is 12.1. The largest absolute Gasteiger partial charge is 0.335 e. The summed E-state index contributed by atoms with van der Waals surface area (Å²) in [6, 6.07) is 0.0735. The molecule has 1 aliphatic rings. The minimum absolute atomic E-state index is 0.0735. The van der Waals surface area contributed by atoms with Crippen LogP contribution in [0.2, 0.25) is 0 Å². The van der Waals surface area contributed by atoms with E-state index in [0.29, 0.717) is 18.2 Å². The smallest absolute Gasteiger partial charge is 0.274 e. The van der Waals surface area contributed by atoms with Gasteiger partial charge in [0.05, 0.1) is 6.20 Å². The molecule has 5 heteroatoms. The molecule has 0 spiro atoms. The first-order valence-corrected chi connectivity index (χ1v) is 5.47. The second-order valence-corrected chi connectivity index (χ2v) is 4.40. The van der Waals surface area contributed by atoms with E-state index < -0.39 is 0 Å². The number of nitrogens with two attached hydrogens (primary N) is 1. The summed E-state index contributed by atoms with van der Waals surface area (Å²) >= 11 is 0. The van der Waals surface area contributed by atoms with Gasteiger partial charge in [-0.05, 0) is 12.3 Å². The monoisotopic (exact) mass is 220 g/mol. The third-order valence-corrected chi connectivity index (χ3v) is 2.76. The van der Waals surface area contributed by atoms with E-state index in [4.69, 9.17) is 5.73 Å². The van der Waals surface area contributed by atoms with Gasteiger partial charge in [-0.3, -0.25) is 9.78 Å². The minimum Gasteiger partial charge on any atom is -0.335 e. The second kappa shape index (κ2) is 4.57. The highest BCUT2D eigenvalue weighted by molar-refractivity contribution is 5.92. The first-order valence-electron chi connectivity index (χ1n) is 5.47. The van der Waals surface area contributed by atoms with E-state index in [1.807, 2.05) is 0 Å². The van der Waals surface area contributed by atoms with Crippen molar-refractivity contribution in [2.75, 3.05) is 13.1 Å². The molecule has 1 aromatic rings. The predicted molar refractivity (Wildman–Crippen MR) is 59.7 cm³/mol. The van der Waals surface area contributed by atoms with Crippen LogP contribution in [0.1, 0.15) is 23.8 Å². The lowest BCUT2D eigenvalue weighted by Crippen LogP contribution is -2.49. The van der Waals surface area contributed by atoms with Gasteiger partial charge in [0.25, 0.3) is 5.91 Å². The summed E-state index contributed by atoms with van der Waals surface area (Å²) in [5.74, 6) is 0.375. The average Bonchev–Trinajstić information content (AvgIpc) is 2.28. The lowest BCUT2D eigenvalue weighted by molar-refractivity contribution is 0.0654. The van der Waals surface area contributed by atoms with Gasteiger partial charge >= 0.3 is 0 Å². The van der Waals surface area contributed by atoms with Crippen molar-refractivity contribution in [2.24, 2.45) is 11.7 Å². The molecule has 1 aromatic heterocycles. The summed E-state index contributed by atoms with van der Waals surface area (Å²) in [6.07, 6.45) is 5.55. The Labute approximate surface area is 94.7 Å². The van der Waals surface area contributed by atoms with Crippen LogP contribution in [0.25, 0.3) is 0 Å². The number of hydrogen-bond donors (Lipinski definition) is 1. The van der Waals surface area contributed by atoms with Crippen LogP contribution in [0.5, 0.6) is 0 Å². The Morgan fingerprint density at radius 2 is 2.31 bits per heavy atom. The number of nitrogens with zero attached hydrogens (tertiary/aromatic N) is 3. The molecule has 0 bridgehead atoms. The van der Waals surface area contributed by atoms with Crippen LogP contribution < -0.4 is 5.73 Å². The Kier molecular flexibility index (Phi) is 3.14. The van der Waals surface area contributed by atoms with Crippen LogP contribution in [-0.2, 0) is 0 Å². The number of carbonyl (C=O) groups is 1. The molecule has 1 aliphatic heterocycles. The molecule has 2 N–H and O–H groups in total. The third-order valence-electron chi connectivity index (χ3n) is 2.76. The molecule has 0 saturated carbocycles. The highest BCUT2D eigenvalue weighted by Gasteiger charge is 2.26. The van der Waals surface area contributed by atoms with Gasteiger partial charge in [0.15, 0.2) is 0 Å². The van der Waals surface area contributed by atoms with Crippen molar-refractivity contribution < 1.29 is 4.79 Å². The Hall–Kier alpha value is -1.49. The minimum atomic E-state index is -0.0740. The van der Waals surface area contributed by atoms with Gasteiger partial charge < -0.3 is 10.6 Å². The molecule has 2 heterocycles. The number of piperidine rings is 1. The normalized spacial score (nSPS) is 25.5. The van der Waals surface area contributed by atoms with Crippen molar-refractivity contribution in [3.05, 3.63) is 24.3 Å². The van der Waals surface area contributed by atoms with E-state index in [9.17, 15) is 4.79 Å². The molecule has 2 unspecified atom stereocenters. The molecule has 16 heavy (non-hydrogen) atoms. The molecule has 2 atom stereocenters. The SMILES string of the molecule is CC1CC(N)CN(C(=O)c2cnccn2)C1. The van der Waals surface area contributed by atoms with Crippen LogP contribution in [0.15, 0.2) is 18.6 Å². The number of aromatic nitrogens is 2. The Bertz CT molecular complexity index is 358. The molecule has 0 aromatic carbocycles. The third kappa shape index (κ3) is 2.36. The van der Waals surface area contributed by atoms with Crippen molar-refractivity contribution >= 4 is 5.91 Å². The van der Waals surface area contributed by atoms with Crippen LogP contribution in [-0.4, -0.2) is 39.9 Å². The Morgan fingerprint density at radius 3 is 2.94 bits per heavy atom. The molecule has 1 amide bonds. The lowest BCUT2D eigenvalue weighted by atomic mass is 9.96. The number of amides is 1. The van der Waals surface area contributed by atoms with E-state index in [0.717, 1.165) is 13.0 Å². The van der Waals surface area contributed by atoms with E-state index >= 15 is 0 Å². The van der Waals surface area contributed by atoms with Crippen molar-refractivity contribution in [3.63, 3.8) is 0 Å². The Morgan fingerprint density at radius 1 is 1.50 bits per heavy atom. The summed E-state index contributed by atoms with van der Waals surface area (Å²) in [6.45, 7) is 3.47. The fourth-order valence-corrected chi connectivity index (χ4v) is 2.14. The second-order valence-electron chi connectivity index (χ2n) is 4.40. The predicted octanol–water partition coefficient (Wildman–Crippen LogP) is 0.286. The molecular formula is C11H16N4O. The van der Waals surface area contributed by atoms with E-state index in [1.165, 1.54) is 12.4 Å². The zero-order chi connectivity index (χ0) is 11.5. The molecule has 5 nitrogen and oxygen atoms in total. The number of rotatable bonds is 1. The molecule has 1 saturated heterocycles. The first kappa shape index (κ1) is 11.0.